The second-order valence-corrected chi connectivity index (χ2v) is 10.3. The van der Waals surface area contributed by atoms with Crippen molar-refractivity contribution >= 4 is 23.9 Å². The summed E-state index contributed by atoms with van der Waals surface area (Å²) >= 11 is 0. The minimum absolute atomic E-state index is 0.00468. The van der Waals surface area contributed by atoms with Crippen LogP contribution in [0.3, 0.4) is 0 Å². The van der Waals surface area contributed by atoms with E-state index < -0.39 is 41.6 Å². The Bertz CT molecular complexity index is 1020. The zero-order chi connectivity index (χ0) is 27.8. The molecule has 9 nitrogen and oxygen atoms in total. The third kappa shape index (κ3) is 8.81. The van der Waals surface area contributed by atoms with Crippen molar-refractivity contribution in [3.63, 3.8) is 0 Å². The molecule has 1 saturated carbocycles. The fourth-order valence-corrected chi connectivity index (χ4v) is 3.88. The zero-order valence-corrected chi connectivity index (χ0v) is 22.6. The Labute approximate surface area is 219 Å². The zero-order valence-electron chi connectivity index (χ0n) is 22.6. The van der Waals surface area contributed by atoms with Gasteiger partial charge in [-0.2, -0.15) is 0 Å². The van der Waals surface area contributed by atoms with Crippen LogP contribution in [0.2, 0.25) is 0 Å². The molecule has 0 aromatic heterocycles. The number of hydrogen-bond acceptors (Lipinski definition) is 6. The summed E-state index contributed by atoms with van der Waals surface area (Å²) in [5.41, 5.74) is 0.240. The van der Waals surface area contributed by atoms with Gasteiger partial charge in [0.1, 0.15) is 17.7 Å². The van der Waals surface area contributed by atoms with Crippen LogP contribution in [0, 0.1) is 18.3 Å². The summed E-state index contributed by atoms with van der Waals surface area (Å²) in [4.78, 5) is 53.5. The molecule has 1 aromatic rings. The maximum Gasteiger partial charge on any atom is 0.408 e. The lowest BCUT2D eigenvalue weighted by molar-refractivity contribution is -0.145. The van der Waals surface area contributed by atoms with E-state index in [9.17, 15) is 19.2 Å². The smallest absolute Gasteiger partial charge is 0.408 e. The van der Waals surface area contributed by atoms with Crippen molar-refractivity contribution in [2.75, 3.05) is 13.2 Å². The Morgan fingerprint density at radius 3 is 2.35 bits per heavy atom. The predicted molar refractivity (Wildman–Crippen MR) is 139 cm³/mol. The first-order chi connectivity index (χ1) is 17.4. The molecule has 0 bridgehead atoms. The monoisotopic (exact) mass is 513 g/mol. The van der Waals surface area contributed by atoms with Crippen molar-refractivity contribution in [1.29, 1.82) is 0 Å². The third-order valence-corrected chi connectivity index (χ3v) is 5.67. The number of ether oxygens (including phenoxy) is 2. The highest BCUT2D eigenvalue weighted by Crippen LogP contribution is 2.37. The summed E-state index contributed by atoms with van der Waals surface area (Å²) in [5, 5.41) is 5.46. The Kier molecular flexibility index (Phi) is 10.5. The molecule has 0 radical (unpaired) electrons. The Morgan fingerprint density at radius 2 is 1.81 bits per heavy atom. The number of amides is 3. The van der Waals surface area contributed by atoms with Crippen LogP contribution in [0.1, 0.15) is 78.0 Å². The highest BCUT2D eigenvalue weighted by Gasteiger charge is 2.45. The number of nitrogens with zero attached hydrogens (tertiary/aromatic N) is 1. The summed E-state index contributed by atoms with van der Waals surface area (Å²) in [7, 11) is 0. The molecule has 1 aliphatic carbocycles. The second kappa shape index (κ2) is 13.1. The molecule has 9 heteroatoms. The first-order valence-electron chi connectivity index (χ1n) is 12.7. The van der Waals surface area contributed by atoms with E-state index in [4.69, 9.17) is 15.9 Å². The molecule has 2 rings (SSSR count). The number of carbonyl (C=O) groups is 4. The van der Waals surface area contributed by atoms with Crippen LogP contribution in [0.4, 0.5) is 4.79 Å². The molecule has 0 heterocycles. The molecule has 1 aromatic carbocycles. The topological polar surface area (TPSA) is 114 Å². The lowest BCUT2D eigenvalue weighted by Crippen LogP contribution is -2.55. The van der Waals surface area contributed by atoms with Crippen molar-refractivity contribution in [2.45, 2.75) is 84.5 Å². The first kappa shape index (κ1) is 29.7. The van der Waals surface area contributed by atoms with Gasteiger partial charge in [0.2, 0.25) is 11.8 Å². The van der Waals surface area contributed by atoms with Crippen LogP contribution in [-0.2, 0) is 23.9 Å². The minimum Gasteiger partial charge on any atom is -0.466 e. The molecule has 202 valence electrons. The van der Waals surface area contributed by atoms with E-state index in [0.29, 0.717) is 24.0 Å². The molecule has 0 aliphatic heterocycles. The lowest BCUT2D eigenvalue weighted by Gasteiger charge is -2.36. The lowest BCUT2D eigenvalue weighted by atomic mass is 9.95. The summed E-state index contributed by atoms with van der Waals surface area (Å²) in [6.45, 7) is 10.8. The van der Waals surface area contributed by atoms with E-state index in [1.807, 2.05) is 13.8 Å². The van der Waals surface area contributed by atoms with Crippen LogP contribution in [0.25, 0.3) is 0 Å². The van der Waals surface area contributed by atoms with Crippen molar-refractivity contribution in [1.82, 2.24) is 15.5 Å². The van der Waals surface area contributed by atoms with E-state index >= 15 is 0 Å². The largest absolute Gasteiger partial charge is 0.466 e. The normalized spacial score (nSPS) is 14.6. The molecule has 2 atom stereocenters. The minimum atomic E-state index is -1.05. The maximum atomic E-state index is 14.0. The second-order valence-electron chi connectivity index (χ2n) is 10.3. The molecule has 2 unspecified atom stereocenters. The molecular weight excluding hydrogens is 474 g/mol. The van der Waals surface area contributed by atoms with Gasteiger partial charge in [-0.3, -0.25) is 14.4 Å². The average molecular weight is 514 g/mol. The summed E-state index contributed by atoms with van der Waals surface area (Å²) < 4.78 is 10.3. The van der Waals surface area contributed by atoms with Crippen LogP contribution in [0.15, 0.2) is 24.3 Å². The number of nitrogens with one attached hydrogen (secondary N) is 2. The third-order valence-electron chi connectivity index (χ3n) is 5.67. The highest BCUT2D eigenvalue weighted by molar-refractivity contribution is 5.93. The standard InChI is InChI=1S/C28H39N3O6/c1-8-19-12-10-11-13-21(19)24(25(33)29-17-16-22(32)36-9-2)31(20-14-15-20)26(34)23(18(3)4)30-27(35)37-28(5,6)7/h1,10-13,18,20,23-24H,9,14-17H2,2-7H3,(H,29,33)(H,30,35). The fraction of sp³-hybridized carbons (Fsp3) is 0.571. The molecular formula is C28H39N3O6. The average Bonchev–Trinajstić information content (AvgIpc) is 3.64. The van der Waals surface area contributed by atoms with E-state index in [1.165, 1.54) is 4.90 Å². The van der Waals surface area contributed by atoms with Crippen molar-refractivity contribution in [3.8, 4) is 12.3 Å². The quantitative estimate of drug-likeness (QED) is 0.347. The van der Waals surface area contributed by atoms with Gasteiger partial charge >= 0.3 is 12.1 Å². The molecule has 0 spiro atoms. The van der Waals surface area contributed by atoms with Crippen LogP contribution in [-0.4, -0.2) is 59.6 Å². The number of alkyl carbamates (subject to hydrolysis) is 1. The number of rotatable bonds is 11. The molecule has 0 saturated heterocycles. The number of carbonyl (C=O) groups excluding carboxylic acids is 4. The van der Waals surface area contributed by atoms with Gasteiger partial charge < -0.3 is 25.0 Å². The molecule has 1 fully saturated rings. The van der Waals surface area contributed by atoms with Gasteiger partial charge in [-0.05, 0) is 58.1 Å². The molecule has 2 N–H and O–H groups in total. The van der Waals surface area contributed by atoms with Crippen LogP contribution < -0.4 is 10.6 Å². The Morgan fingerprint density at radius 1 is 1.16 bits per heavy atom. The van der Waals surface area contributed by atoms with Crippen molar-refractivity contribution < 1.29 is 28.7 Å². The van der Waals surface area contributed by atoms with Gasteiger partial charge in [-0.25, -0.2) is 4.79 Å². The van der Waals surface area contributed by atoms with E-state index in [2.05, 4.69) is 16.6 Å². The van der Waals surface area contributed by atoms with Gasteiger partial charge in [0.25, 0.3) is 0 Å². The number of hydrogen-bond donors (Lipinski definition) is 2. The Hall–Kier alpha value is -3.54. The predicted octanol–water partition coefficient (Wildman–Crippen LogP) is 3.32. The number of esters is 1. The van der Waals surface area contributed by atoms with Gasteiger partial charge in [0, 0.05) is 18.2 Å². The highest BCUT2D eigenvalue weighted by atomic mass is 16.6. The first-order valence-corrected chi connectivity index (χ1v) is 12.7. The van der Waals surface area contributed by atoms with E-state index in [1.54, 1.807) is 52.0 Å². The Balaban J connectivity index is 2.42. The molecule has 37 heavy (non-hydrogen) atoms. The maximum absolute atomic E-state index is 14.0. The van der Waals surface area contributed by atoms with E-state index in [-0.39, 0.29) is 31.5 Å². The van der Waals surface area contributed by atoms with E-state index in [0.717, 1.165) is 0 Å². The van der Waals surface area contributed by atoms with Gasteiger partial charge in [-0.1, -0.05) is 38.0 Å². The summed E-state index contributed by atoms with van der Waals surface area (Å²) in [6, 6.07) is 4.78. The van der Waals surface area contributed by atoms with Gasteiger partial charge in [0.15, 0.2) is 0 Å². The van der Waals surface area contributed by atoms with Crippen LogP contribution in [0.5, 0.6) is 0 Å². The fourth-order valence-electron chi connectivity index (χ4n) is 3.88. The van der Waals surface area contributed by atoms with Gasteiger partial charge in [-0.15, -0.1) is 6.42 Å². The summed E-state index contributed by atoms with van der Waals surface area (Å²) in [5.74, 6) is 1.02. The number of benzene rings is 1. The summed E-state index contributed by atoms with van der Waals surface area (Å²) in [6.07, 6.45) is 6.46. The van der Waals surface area contributed by atoms with Crippen LogP contribution >= 0.6 is 0 Å². The van der Waals surface area contributed by atoms with Crippen molar-refractivity contribution in [3.05, 3.63) is 35.4 Å². The SMILES string of the molecule is C#Cc1ccccc1C(C(=O)NCCC(=O)OCC)N(C(=O)C(NC(=O)OC(C)(C)C)C(C)C)C1CC1. The van der Waals surface area contributed by atoms with Crippen molar-refractivity contribution in [2.24, 2.45) is 5.92 Å². The molecule has 3 amide bonds. The van der Waals surface area contributed by atoms with Gasteiger partial charge in [0.05, 0.1) is 13.0 Å². The molecule has 1 aliphatic rings. The number of terminal acetylenes is 1.